The van der Waals surface area contributed by atoms with Gasteiger partial charge < -0.3 is 0 Å². The molecule has 0 heteroatoms. The van der Waals surface area contributed by atoms with Gasteiger partial charge >= 0.3 is 0 Å². The van der Waals surface area contributed by atoms with Gasteiger partial charge in [0, 0.05) is 0 Å². The zero-order valence-corrected chi connectivity index (χ0v) is 12.4. The highest BCUT2D eigenvalue weighted by Gasteiger charge is 1.83. The molecular weight excluding hydrogens is 180 g/mol. The highest BCUT2D eigenvalue weighted by Crippen LogP contribution is 2.03. The fraction of sp³-hybridized carbons (Fsp3) is 0.867. The highest BCUT2D eigenvalue weighted by atomic mass is 13.9. The van der Waals surface area contributed by atoms with E-state index in [-0.39, 0.29) is 0 Å². The van der Waals surface area contributed by atoms with Gasteiger partial charge in [0.25, 0.3) is 0 Å². The first-order chi connectivity index (χ1) is 7.33. The molecule has 0 aliphatic rings. The van der Waals surface area contributed by atoms with E-state index in [1.54, 1.807) is 0 Å². The molecule has 0 aromatic carbocycles. The van der Waals surface area contributed by atoms with Crippen LogP contribution in [0.4, 0.5) is 0 Å². The molecule has 0 spiro atoms. The van der Waals surface area contributed by atoms with Gasteiger partial charge in [0.1, 0.15) is 0 Å². The second-order valence-electron chi connectivity index (χ2n) is 3.12. The van der Waals surface area contributed by atoms with Crippen LogP contribution in [0.2, 0.25) is 0 Å². The standard InChI is InChI=1S/C8H18.C3H8.C2H6.C2H4/c1-3-5-7-8-6-4-2;1-3-2;2*1-2/h3-8H2,1-2H3;3H2,1-2H3;1-2H3;1-2H2. The lowest BCUT2D eigenvalue weighted by Crippen LogP contribution is -1.73. The van der Waals surface area contributed by atoms with E-state index in [1.165, 1.54) is 44.9 Å². The summed E-state index contributed by atoms with van der Waals surface area (Å²) in [5.41, 5.74) is 0. The highest BCUT2D eigenvalue weighted by molar-refractivity contribution is 4.39. The van der Waals surface area contributed by atoms with Crippen LogP contribution in [0.5, 0.6) is 0 Å². The molecule has 0 heterocycles. The third-order valence-corrected chi connectivity index (χ3v) is 1.46. The van der Waals surface area contributed by atoms with Crippen molar-refractivity contribution >= 4 is 0 Å². The molecule has 0 amide bonds. The van der Waals surface area contributed by atoms with Crippen molar-refractivity contribution < 1.29 is 0 Å². The molecule has 0 fully saturated rings. The molecule has 0 unspecified atom stereocenters. The Morgan fingerprint density at radius 2 is 0.800 bits per heavy atom. The molecule has 0 saturated heterocycles. The van der Waals surface area contributed by atoms with Crippen molar-refractivity contribution in [1.82, 2.24) is 0 Å². The average Bonchev–Trinajstić information content (AvgIpc) is 2.31. The number of unbranched alkanes of at least 4 members (excludes halogenated alkanes) is 5. The number of hydrogen-bond donors (Lipinski definition) is 0. The van der Waals surface area contributed by atoms with E-state index in [0.29, 0.717) is 0 Å². The summed E-state index contributed by atoms with van der Waals surface area (Å²) in [6, 6.07) is 0. The molecule has 0 rings (SSSR count). The van der Waals surface area contributed by atoms with E-state index in [1.807, 2.05) is 13.8 Å². The normalized spacial score (nSPS) is 7.07. The maximum atomic E-state index is 3.00. The molecule has 0 radical (unpaired) electrons. The summed E-state index contributed by atoms with van der Waals surface area (Å²) in [5, 5.41) is 0. The van der Waals surface area contributed by atoms with Crippen LogP contribution >= 0.6 is 0 Å². The Labute approximate surface area is 100 Å². The van der Waals surface area contributed by atoms with Crippen molar-refractivity contribution in [1.29, 1.82) is 0 Å². The average molecular weight is 216 g/mol. The first-order valence-corrected chi connectivity index (χ1v) is 6.83. The molecule has 0 aliphatic carbocycles. The molecule has 0 bridgehead atoms. The molecule has 0 aliphatic heterocycles. The molecular formula is C15H36. The summed E-state index contributed by atoms with van der Waals surface area (Å²) in [4.78, 5) is 0. The zero-order valence-electron chi connectivity index (χ0n) is 12.4. The van der Waals surface area contributed by atoms with Crippen molar-refractivity contribution in [3.8, 4) is 0 Å². The predicted molar refractivity (Wildman–Crippen MR) is 77.6 cm³/mol. The van der Waals surface area contributed by atoms with Crippen molar-refractivity contribution in [2.75, 3.05) is 0 Å². The molecule has 0 atom stereocenters. The van der Waals surface area contributed by atoms with Crippen LogP contribution < -0.4 is 0 Å². The van der Waals surface area contributed by atoms with Crippen LogP contribution in [0.3, 0.4) is 0 Å². The Kier molecular flexibility index (Phi) is 79.0. The number of hydrogen-bond acceptors (Lipinski definition) is 0. The van der Waals surface area contributed by atoms with Gasteiger partial charge in [-0.2, -0.15) is 0 Å². The lowest BCUT2D eigenvalue weighted by molar-refractivity contribution is 0.624. The van der Waals surface area contributed by atoms with Crippen LogP contribution in [0.15, 0.2) is 13.2 Å². The van der Waals surface area contributed by atoms with Crippen molar-refractivity contribution in [3.05, 3.63) is 13.2 Å². The molecule has 0 saturated carbocycles. The van der Waals surface area contributed by atoms with Crippen molar-refractivity contribution in [2.45, 2.75) is 86.5 Å². The lowest BCUT2D eigenvalue weighted by Gasteiger charge is -1.93. The summed E-state index contributed by atoms with van der Waals surface area (Å²) in [7, 11) is 0. The van der Waals surface area contributed by atoms with Crippen LogP contribution in [-0.4, -0.2) is 0 Å². The van der Waals surface area contributed by atoms with Gasteiger partial charge in [-0.25, -0.2) is 0 Å². The summed E-state index contributed by atoms with van der Waals surface area (Å²) in [6.07, 6.45) is 9.74. The molecule has 96 valence electrons. The second kappa shape index (κ2) is 49.1. The minimum Gasteiger partial charge on any atom is -0.106 e. The Hall–Kier alpha value is -0.260. The summed E-state index contributed by atoms with van der Waals surface area (Å²) in [5.74, 6) is 0. The molecule has 0 nitrogen and oxygen atoms in total. The summed E-state index contributed by atoms with van der Waals surface area (Å²) >= 11 is 0. The zero-order chi connectivity index (χ0) is 12.9. The lowest BCUT2D eigenvalue weighted by atomic mass is 10.1. The fourth-order valence-electron chi connectivity index (χ4n) is 0.854. The topological polar surface area (TPSA) is 0 Å². The van der Waals surface area contributed by atoms with Crippen LogP contribution in [0.1, 0.15) is 86.5 Å². The van der Waals surface area contributed by atoms with Gasteiger partial charge in [-0.05, 0) is 0 Å². The quantitative estimate of drug-likeness (QED) is 0.358. The van der Waals surface area contributed by atoms with Gasteiger partial charge in [0.2, 0.25) is 0 Å². The molecule has 15 heavy (non-hydrogen) atoms. The van der Waals surface area contributed by atoms with E-state index in [4.69, 9.17) is 0 Å². The van der Waals surface area contributed by atoms with Crippen molar-refractivity contribution in [2.24, 2.45) is 0 Å². The summed E-state index contributed by atoms with van der Waals surface area (Å²) < 4.78 is 0. The SMILES string of the molecule is C=C.CC.CCC.CCCCCCCC. The third kappa shape index (κ3) is 84.3. The number of rotatable bonds is 5. The minimum absolute atomic E-state index is 1.25. The minimum atomic E-state index is 1.25. The van der Waals surface area contributed by atoms with E-state index < -0.39 is 0 Å². The summed E-state index contributed by atoms with van der Waals surface area (Å²) in [6.45, 7) is 18.8. The fourth-order valence-corrected chi connectivity index (χ4v) is 0.854. The first kappa shape index (κ1) is 24.1. The van der Waals surface area contributed by atoms with Crippen LogP contribution in [0.25, 0.3) is 0 Å². The maximum Gasteiger partial charge on any atom is -0.0533 e. The van der Waals surface area contributed by atoms with Gasteiger partial charge in [-0.3, -0.25) is 0 Å². The largest absolute Gasteiger partial charge is 0.106 e. The van der Waals surface area contributed by atoms with Crippen LogP contribution in [0, 0.1) is 0 Å². The Balaban J connectivity index is -0.0000000726. The van der Waals surface area contributed by atoms with E-state index in [0.717, 1.165) is 0 Å². The van der Waals surface area contributed by atoms with Crippen LogP contribution in [-0.2, 0) is 0 Å². The Bertz CT molecular complexity index is 42.0. The van der Waals surface area contributed by atoms with Gasteiger partial charge in [0.05, 0.1) is 0 Å². The Morgan fingerprint density at radius 1 is 0.600 bits per heavy atom. The Morgan fingerprint density at radius 3 is 0.933 bits per heavy atom. The van der Waals surface area contributed by atoms with Gasteiger partial charge in [-0.15, -0.1) is 13.2 Å². The third-order valence-electron chi connectivity index (χ3n) is 1.46. The van der Waals surface area contributed by atoms with Crippen molar-refractivity contribution in [3.63, 3.8) is 0 Å². The monoisotopic (exact) mass is 216 g/mol. The molecule has 0 N–H and O–H groups in total. The molecule has 0 aromatic rings. The van der Waals surface area contributed by atoms with E-state index >= 15 is 0 Å². The predicted octanol–water partition coefficient (Wildman–Crippen LogP) is 6.61. The van der Waals surface area contributed by atoms with E-state index in [2.05, 4.69) is 40.9 Å². The smallest absolute Gasteiger partial charge is 0.0533 e. The van der Waals surface area contributed by atoms with E-state index in [9.17, 15) is 0 Å². The van der Waals surface area contributed by atoms with Gasteiger partial charge in [0.15, 0.2) is 0 Å². The van der Waals surface area contributed by atoms with Gasteiger partial charge in [-0.1, -0.05) is 86.5 Å². The first-order valence-electron chi connectivity index (χ1n) is 6.83. The second-order valence-corrected chi connectivity index (χ2v) is 3.12. The molecule has 0 aromatic heterocycles. The maximum absolute atomic E-state index is 3.00.